The van der Waals surface area contributed by atoms with E-state index in [0.717, 1.165) is 22.2 Å². The first-order valence-corrected chi connectivity index (χ1v) is 12.0. The van der Waals surface area contributed by atoms with Crippen LogP contribution in [0.3, 0.4) is 0 Å². The van der Waals surface area contributed by atoms with Crippen LogP contribution in [-0.4, -0.2) is 24.1 Å². The molecular formula is C31H29BO3. The summed E-state index contributed by atoms with van der Waals surface area (Å²) in [4.78, 5) is 13.5. The van der Waals surface area contributed by atoms with Crippen molar-refractivity contribution in [1.82, 2.24) is 0 Å². The molecule has 0 unspecified atom stereocenters. The summed E-state index contributed by atoms with van der Waals surface area (Å²) in [6.07, 6.45) is 0. The number of hydrogen-bond acceptors (Lipinski definition) is 3. The van der Waals surface area contributed by atoms with Gasteiger partial charge in [-0.15, -0.1) is 0 Å². The van der Waals surface area contributed by atoms with E-state index in [1.54, 1.807) is 0 Å². The van der Waals surface area contributed by atoms with Gasteiger partial charge in [0.2, 0.25) is 0 Å². The van der Waals surface area contributed by atoms with E-state index in [0.29, 0.717) is 11.1 Å². The molecule has 0 amide bonds. The van der Waals surface area contributed by atoms with Gasteiger partial charge in [-0.1, -0.05) is 91.0 Å². The van der Waals surface area contributed by atoms with Crippen molar-refractivity contribution in [3.8, 4) is 22.3 Å². The van der Waals surface area contributed by atoms with Gasteiger partial charge < -0.3 is 9.31 Å². The molecule has 0 saturated carbocycles. The summed E-state index contributed by atoms with van der Waals surface area (Å²) in [5, 5.41) is 0. The smallest absolute Gasteiger partial charge is 0.399 e. The molecule has 1 heterocycles. The highest BCUT2D eigenvalue weighted by molar-refractivity contribution is 6.62. The van der Waals surface area contributed by atoms with Gasteiger partial charge in [0, 0.05) is 11.1 Å². The molecule has 0 N–H and O–H groups in total. The highest BCUT2D eigenvalue weighted by Gasteiger charge is 2.51. The molecule has 4 aromatic carbocycles. The average molecular weight is 460 g/mol. The fourth-order valence-electron chi connectivity index (χ4n) is 4.32. The number of benzene rings is 4. The Bertz CT molecular complexity index is 1360. The zero-order valence-electron chi connectivity index (χ0n) is 20.6. The van der Waals surface area contributed by atoms with Crippen LogP contribution < -0.4 is 5.46 Å². The highest BCUT2D eigenvalue weighted by Crippen LogP contribution is 2.36. The molecule has 0 radical (unpaired) electrons. The van der Waals surface area contributed by atoms with Crippen molar-refractivity contribution in [2.75, 3.05) is 0 Å². The summed E-state index contributed by atoms with van der Waals surface area (Å²) in [6.45, 7) is 8.11. The van der Waals surface area contributed by atoms with Gasteiger partial charge in [0.1, 0.15) is 0 Å². The van der Waals surface area contributed by atoms with Crippen molar-refractivity contribution >= 4 is 18.4 Å². The molecule has 0 spiro atoms. The maximum Gasteiger partial charge on any atom is 0.494 e. The number of ketones is 1. The van der Waals surface area contributed by atoms with Crippen LogP contribution in [0.15, 0.2) is 103 Å². The van der Waals surface area contributed by atoms with Crippen molar-refractivity contribution < 1.29 is 14.1 Å². The quantitative estimate of drug-likeness (QED) is 0.250. The van der Waals surface area contributed by atoms with Crippen LogP contribution >= 0.6 is 0 Å². The van der Waals surface area contributed by atoms with Crippen LogP contribution in [0.25, 0.3) is 22.3 Å². The first kappa shape index (κ1) is 23.3. The van der Waals surface area contributed by atoms with Gasteiger partial charge >= 0.3 is 7.12 Å². The molecule has 1 fully saturated rings. The molecule has 1 aliphatic rings. The largest absolute Gasteiger partial charge is 0.494 e. The fourth-order valence-corrected chi connectivity index (χ4v) is 4.32. The van der Waals surface area contributed by atoms with Gasteiger partial charge in [0.05, 0.1) is 11.2 Å². The molecule has 0 bridgehead atoms. The summed E-state index contributed by atoms with van der Waals surface area (Å²) in [5.74, 6) is -0.0237. The standard InChI is InChI=1S/C31H29BO3/c1-30(2)31(3,4)35-32(34-30)28-18-10-17-27(21-28)29(33)26-16-9-15-25(20-26)24-14-8-13-23(19-24)22-11-6-5-7-12-22/h5-21H,1-4H3. The Morgan fingerprint density at radius 2 is 1.06 bits per heavy atom. The summed E-state index contributed by atoms with van der Waals surface area (Å²) >= 11 is 0. The van der Waals surface area contributed by atoms with E-state index in [1.165, 1.54) is 5.56 Å². The summed E-state index contributed by atoms with van der Waals surface area (Å²) < 4.78 is 12.4. The third-order valence-electron chi connectivity index (χ3n) is 7.10. The van der Waals surface area contributed by atoms with E-state index in [4.69, 9.17) is 9.31 Å². The fraction of sp³-hybridized carbons (Fsp3) is 0.194. The Morgan fingerprint density at radius 1 is 0.571 bits per heavy atom. The van der Waals surface area contributed by atoms with Crippen molar-refractivity contribution in [1.29, 1.82) is 0 Å². The molecule has 1 saturated heterocycles. The molecule has 4 aromatic rings. The van der Waals surface area contributed by atoms with Crippen LogP contribution in [0, 0.1) is 0 Å². The Balaban J connectivity index is 1.42. The van der Waals surface area contributed by atoms with E-state index >= 15 is 0 Å². The van der Waals surface area contributed by atoms with Crippen LogP contribution in [0.5, 0.6) is 0 Å². The van der Waals surface area contributed by atoms with Gasteiger partial charge in [-0.2, -0.15) is 0 Å². The maximum atomic E-state index is 13.5. The third-order valence-corrected chi connectivity index (χ3v) is 7.10. The molecule has 3 nitrogen and oxygen atoms in total. The molecule has 5 rings (SSSR count). The predicted octanol–water partition coefficient (Wildman–Crippen LogP) is 6.55. The second-order valence-electron chi connectivity index (χ2n) is 10.1. The lowest BCUT2D eigenvalue weighted by molar-refractivity contribution is 0.00578. The van der Waals surface area contributed by atoms with Crippen LogP contribution in [0.4, 0.5) is 0 Å². The van der Waals surface area contributed by atoms with Crippen molar-refractivity contribution in [2.24, 2.45) is 0 Å². The van der Waals surface area contributed by atoms with Gasteiger partial charge in [0.15, 0.2) is 5.78 Å². The molecule has 1 aliphatic heterocycles. The lowest BCUT2D eigenvalue weighted by atomic mass is 9.78. The maximum absolute atomic E-state index is 13.5. The molecule has 174 valence electrons. The minimum atomic E-state index is -0.500. The van der Waals surface area contributed by atoms with Crippen molar-refractivity contribution in [3.05, 3.63) is 114 Å². The highest BCUT2D eigenvalue weighted by atomic mass is 16.7. The average Bonchev–Trinajstić information content (AvgIpc) is 3.11. The van der Waals surface area contributed by atoms with E-state index in [1.807, 2.05) is 94.4 Å². The van der Waals surface area contributed by atoms with E-state index < -0.39 is 18.3 Å². The number of rotatable bonds is 5. The minimum Gasteiger partial charge on any atom is -0.399 e. The summed E-state index contributed by atoms with van der Waals surface area (Å²) in [7, 11) is -0.500. The molecule has 0 aliphatic carbocycles. The number of carbonyl (C=O) groups is 1. The Labute approximate surface area is 207 Å². The molecule has 35 heavy (non-hydrogen) atoms. The molecule has 4 heteroatoms. The zero-order chi connectivity index (χ0) is 24.6. The zero-order valence-corrected chi connectivity index (χ0v) is 20.6. The summed E-state index contributed by atoms with van der Waals surface area (Å²) in [6, 6.07) is 34.1. The van der Waals surface area contributed by atoms with Crippen molar-refractivity contribution in [2.45, 2.75) is 38.9 Å². The van der Waals surface area contributed by atoms with E-state index in [2.05, 4.69) is 36.4 Å². The van der Waals surface area contributed by atoms with Gasteiger partial charge in [-0.3, -0.25) is 4.79 Å². The Hall–Kier alpha value is -3.47. The van der Waals surface area contributed by atoms with E-state index in [-0.39, 0.29) is 5.78 Å². The second-order valence-corrected chi connectivity index (χ2v) is 10.1. The van der Waals surface area contributed by atoms with Crippen molar-refractivity contribution in [3.63, 3.8) is 0 Å². The van der Waals surface area contributed by atoms with Gasteiger partial charge in [0.25, 0.3) is 0 Å². The first-order valence-electron chi connectivity index (χ1n) is 12.0. The van der Waals surface area contributed by atoms with Crippen LogP contribution in [-0.2, 0) is 9.31 Å². The van der Waals surface area contributed by atoms with Gasteiger partial charge in [-0.05, 0) is 67.5 Å². The SMILES string of the molecule is CC1(C)OB(c2cccc(C(=O)c3cccc(-c4cccc(-c5ccccc5)c4)c3)c2)OC1(C)C. The van der Waals surface area contributed by atoms with Gasteiger partial charge in [-0.25, -0.2) is 0 Å². The Kier molecular flexibility index (Phi) is 5.96. The molecule has 0 aromatic heterocycles. The number of carbonyl (C=O) groups excluding carboxylic acids is 1. The topological polar surface area (TPSA) is 35.5 Å². The van der Waals surface area contributed by atoms with Crippen LogP contribution in [0.1, 0.15) is 43.6 Å². The lowest BCUT2D eigenvalue weighted by Gasteiger charge is -2.32. The first-order chi connectivity index (χ1) is 16.7. The molecule has 0 atom stereocenters. The minimum absolute atomic E-state index is 0.0237. The lowest BCUT2D eigenvalue weighted by Crippen LogP contribution is -2.41. The Morgan fingerprint density at radius 3 is 1.71 bits per heavy atom. The predicted molar refractivity (Wildman–Crippen MR) is 143 cm³/mol. The monoisotopic (exact) mass is 460 g/mol. The normalized spacial score (nSPS) is 16.3. The second kappa shape index (κ2) is 8.96. The third kappa shape index (κ3) is 4.60. The molecular weight excluding hydrogens is 431 g/mol. The number of hydrogen-bond donors (Lipinski definition) is 0. The summed E-state index contributed by atoms with van der Waals surface area (Å²) in [5.41, 5.74) is 5.66. The van der Waals surface area contributed by atoms with E-state index in [9.17, 15) is 4.79 Å². The van der Waals surface area contributed by atoms with Crippen LogP contribution in [0.2, 0.25) is 0 Å².